The van der Waals surface area contributed by atoms with Gasteiger partial charge >= 0.3 is 5.97 Å². The van der Waals surface area contributed by atoms with Crippen molar-refractivity contribution in [3.8, 4) is 0 Å². The van der Waals surface area contributed by atoms with E-state index in [0.29, 0.717) is 41.6 Å². The Kier molecular flexibility index (Phi) is 17.2. The summed E-state index contributed by atoms with van der Waals surface area (Å²) >= 11 is 0. The molecule has 0 aromatic rings. The molecule has 0 aliphatic rings. The highest BCUT2D eigenvalue weighted by Crippen LogP contribution is 2.19. The highest BCUT2D eigenvalue weighted by atomic mass is 16.5. The highest BCUT2D eigenvalue weighted by molar-refractivity contribution is 5.92. The van der Waals surface area contributed by atoms with E-state index in [4.69, 9.17) is 4.74 Å². The van der Waals surface area contributed by atoms with Crippen LogP contribution in [-0.4, -0.2) is 75.0 Å². The monoisotopic (exact) mass is 495 g/mol. The van der Waals surface area contributed by atoms with E-state index in [1.807, 2.05) is 14.1 Å². The molecule has 0 aromatic heterocycles. The number of ether oxygens (including phenoxy) is 1. The average molecular weight is 496 g/mol. The standard InChI is InChI=1S/C26H45N3O6/c1-21(2)26(34)35-18-12-14-27-20-22(3)25(33)28-15-11-16-29(4,5)23(19-24(31)32)13-9-7-6-8-10-17-30/h17,20,23H,1,6-16,18-19H2,2-5H3,(H2-,27,28,31,32,33). The summed E-state index contributed by atoms with van der Waals surface area (Å²) in [6.07, 6.45) is 9.02. The molecule has 1 unspecified atom stereocenters. The van der Waals surface area contributed by atoms with Gasteiger partial charge in [-0.25, -0.2) is 4.79 Å². The minimum Gasteiger partial charge on any atom is -0.550 e. The predicted molar refractivity (Wildman–Crippen MR) is 134 cm³/mol. The van der Waals surface area contributed by atoms with Crippen LogP contribution < -0.4 is 15.7 Å². The van der Waals surface area contributed by atoms with Gasteiger partial charge in [0.05, 0.1) is 33.3 Å². The van der Waals surface area contributed by atoms with E-state index in [1.54, 1.807) is 20.0 Å². The van der Waals surface area contributed by atoms with Gasteiger partial charge in [-0.05, 0) is 39.5 Å². The normalized spacial score (nSPS) is 12.5. The third-order valence-electron chi connectivity index (χ3n) is 5.92. The maximum Gasteiger partial charge on any atom is 0.333 e. The average Bonchev–Trinajstić information content (AvgIpc) is 2.79. The topological polar surface area (TPSA) is 125 Å². The SMILES string of the molecule is C=C(C)C(=O)OCCCNC=C(C)C(=O)NCCC[N+](C)(C)C(CCCCCCC=O)CC(=O)[O-]. The molecule has 0 heterocycles. The minimum absolute atomic E-state index is 0.00755. The first-order chi connectivity index (χ1) is 16.5. The fourth-order valence-corrected chi connectivity index (χ4v) is 3.62. The second-order valence-corrected chi connectivity index (χ2v) is 9.55. The summed E-state index contributed by atoms with van der Waals surface area (Å²) in [6, 6.07) is -0.0535. The number of rotatable bonds is 21. The number of esters is 1. The van der Waals surface area contributed by atoms with E-state index < -0.39 is 11.9 Å². The number of aldehydes is 1. The van der Waals surface area contributed by atoms with Crippen LogP contribution in [0.4, 0.5) is 0 Å². The second-order valence-electron chi connectivity index (χ2n) is 9.55. The van der Waals surface area contributed by atoms with Crippen LogP contribution >= 0.6 is 0 Å². The summed E-state index contributed by atoms with van der Waals surface area (Å²) in [5.41, 5.74) is 0.909. The maximum atomic E-state index is 12.3. The molecule has 35 heavy (non-hydrogen) atoms. The number of nitrogens with zero attached hydrogens (tertiary/aromatic N) is 1. The molecule has 0 rings (SSSR count). The molecule has 0 radical (unpaired) electrons. The molecule has 2 N–H and O–H groups in total. The van der Waals surface area contributed by atoms with Crippen molar-refractivity contribution in [1.29, 1.82) is 0 Å². The van der Waals surface area contributed by atoms with E-state index in [1.165, 1.54) is 0 Å². The summed E-state index contributed by atoms with van der Waals surface area (Å²) in [5, 5.41) is 17.2. The summed E-state index contributed by atoms with van der Waals surface area (Å²) in [7, 11) is 4.04. The van der Waals surface area contributed by atoms with Gasteiger partial charge in [0, 0.05) is 55.7 Å². The molecule has 200 valence electrons. The number of aliphatic carboxylic acids is 1. The molecule has 0 saturated carbocycles. The van der Waals surface area contributed by atoms with Crippen LogP contribution in [0.15, 0.2) is 23.9 Å². The smallest absolute Gasteiger partial charge is 0.333 e. The van der Waals surface area contributed by atoms with Gasteiger partial charge in [0.1, 0.15) is 6.29 Å². The molecule has 0 aromatic carbocycles. The van der Waals surface area contributed by atoms with Crippen molar-refractivity contribution >= 4 is 24.1 Å². The highest BCUT2D eigenvalue weighted by Gasteiger charge is 2.27. The Morgan fingerprint density at radius 2 is 1.71 bits per heavy atom. The number of nitrogens with one attached hydrogen (secondary N) is 2. The zero-order valence-corrected chi connectivity index (χ0v) is 22.0. The fourth-order valence-electron chi connectivity index (χ4n) is 3.62. The number of carboxylic acid groups (broad SMARTS) is 1. The Morgan fingerprint density at radius 1 is 1.03 bits per heavy atom. The lowest BCUT2D eigenvalue weighted by atomic mass is 10.0. The number of unbranched alkanes of at least 4 members (excludes halogenated alkanes) is 4. The number of carbonyl (C=O) groups excluding carboxylic acids is 4. The van der Waals surface area contributed by atoms with E-state index in [2.05, 4.69) is 17.2 Å². The van der Waals surface area contributed by atoms with Crippen LogP contribution in [0.3, 0.4) is 0 Å². The van der Waals surface area contributed by atoms with Gasteiger partial charge in [-0.1, -0.05) is 19.4 Å². The van der Waals surface area contributed by atoms with Gasteiger partial charge in [0.15, 0.2) is 0 Å². The van der Waals surface area contributed by atoms with Crippen LogP contribution in [0.5, 0.6) is 0 Å². The van der Waals surface area contributed by atoms with Crippen LogP contribution in [0.2, 0.25) is 0 Å². The quantitative estimate of drug-likeness (QED) is 0.0815. The maximum absolute atomic E-state index is 12.3. The molecule has 9 nitrogen and oxygen atoms in total. The first-order valence-electron chi connectivity index (χ1n) is 12.5. The van der Waals surface area contributed by atoms with Gasteiger partial charge in [-0.15, -0.1) is 0 Å². The number of amides is 1. The van der Waals surface area contributed by atoms with Crippen molar-refractivity contribution in [1.82, 2.24) is 10.6 Å². The Labute approximate surface area is 210 Å². The van der Waals surface area contributed by atoms with Crippen molar-refractivity contribution in [3.05, 3.63) is 23.9 Å². The summed E-state index contributed by atoms with van der Waals surface area (Å²) < 4.78 is 5.55. The second kappa shape index (κ2) is 18.6. The van der Waals surface area contributed by atoms with Crippen LogP contribution in [-0.2, 0) is 23.9 Å². The Hall–Kier alpha value is -2.68. The van der Waals surface area contributed by atoms with Gasteiger partial charge in [-0.3, -0.25) is 4.79 Å². The zero-order valence-electron chi connectivity index (χ0n) is 22.0. The van der Waals surface area contributed by atoms with E-state index in [9.17, 15) is 24.3 Å². The first-order valence-corrected chi connectivity index (χ1v) is 12.5. The number of carbonyl (C=O) groups is 4. The first kappa shape index (κ1) is 32.3. The summed E-state index contributed by atoms with van der Waals surface area (Å²) in [4.78, 5) is 45.2. The lowest BCUT2D eigenvalue weighted by molar-refractivity contribution is -0.915. The van der Waals surface area contributed by atoms with Crippen molar-refractivity contribution in [2.75, 3.05) is 40.3 Å². The molecule has 0 aliphatic carbocycles. The third kappa shape index (κ3) is 16.6. The van der Waals surface area contributed by atoms with Gasteiger partial charge in [0.25, 0.3) is 0 Å². The molecule has 0 spiro atoms. The summed E-state index contributed by atoms with van der Waals surface area (Å²) in [6.45, 7) is 8.90. The molecule has 0 saturated heterocycles. The van der Waals surface area contributed by atoms with Gasteiger partial charge in [-0.2, -0.15) is 0 Å². The van der Waals surface area contributed by atoms with Crippen LogP contribution in [0.1, 0.15) is 71.6 Å². The van der Waals surface area contributed by atoms with Gasteiger partial charge in [0.2, 0.25) is 5.91 Å². The Bertz CT molecular complexity index is 718. The van der Waals surface area contributed by atoms with Crippen molar-refractivity contribution in [2.45, 2.75) is 77.7 Å². The molecule has 0 fully saturated rings. The predicted octanol–water partition coefficient (Wildman–Crippen LogP) is 1.62. The van der Waals surface area contributed by atoms with Gasteiger partial charge < -0.3 is 34.5 Å². The molecule has 1 atom stereocenters. The molecular weight excluding hydrogens is 450 g/mol. The van der Waals surface area contributed by atoms with E-state index in [0.717, 1.165) is 51.4 Å². The lowest BCUT2D eigenvalue weighted by Gasteiger charge is -2.39. The number of hydrogen-bond acceptors (Lipinski definition) is 7. The van der Waals surface area contributed by atoms with Crippen LogP contribution in [0, 0.1) is 0 Å². The lowest BCUT2D eigenvalue weighted by Crippen LogP contribution is -2.52. The van der Waals surface area contributed by atoms with E-state index >= 15 is 0 Å². The zero-order chi connectivity index (χ0) is 26.7. The number of hydrogen-bond donors (Lipinski definition) is 2. The van der Waals surface area contributed by atoms with Crippen molar-refractivity contribution in [2.24, 2.45) is 0 Å². The summed E-state index contributed by atoms with van der Waals surface area (Å²) in [5.74, 6) is -1.62. The fraction of sp³-hybridized carbons (Fsp3) is 0.692. The van der Waals surface area contributed by atoms with Crippen molar-refractivity contribution in [3.63, 3.8) is 0 Å². The molecule has 9 heteroatoms. The Balaban J connectivity index is 4.31. The van der Waals surface area contributed by atoms with Crippen molar-refractivity contribution < 1.29 is 33.5 Å². The number of carboxylic acids is 1. The molecular formula is C26H45N3O6. The third-order valence-corrected chi connectivity index (χ3v) is 5.92. The minimum atomic E-state index is -1.04. The van der Waals surface area contributed by atoms with Crippen LogP contribution in [0.25, 0.3) is 0 Å². The molecule has 0 bridgehead atoms. The molecule has 1 amide bonds. The van der Waals surface area contributed by atoms with E-state index in [-0.39, 0.29) is 25.0 Å². The molecule has 0 aliphatic heterocycles. The largest absolute Gasteiger partial charge is 0.550 e. The Morgan fingerprint density at radius 3 is 2.34 bits per heavy atom. The number of quaternary nitrogens is 1.